The number of hydrogen-bond acceptors (Lipinski definition) is 8. The van der Waals surface area contributed by atoms with E-state index >= 15 is 0 Å². The molecule has 4 atom stereocenters. The van der Waals surface area contributed by atoms with E-state index in [4.69, 9.17) is 5.73 Å². The van der Waals surface area contributed by atoms with Crippen LogP contribution in [-0.2, 0) is 25.6 Å². The fourth-order valence-electron chi connectivity index (χ4n) is 2.89. The maximum Gasteiger partial charge on any atom is 0.327 e. The summed E-state index contributed by atoms with van der Waals surface area (Å²) in [5.41, 5.74) is 6.38. The molecule has 0 aliphatic carbocycles. The number of carboxylic acids is 1. The summed E-state index contributed by atoms with van der Waals surface area (Å²) in [6.07, 6.45) is 0.327. The zero-order valence-corrected chi connectivity index (χ0v) is 19.4. The van der Waals surface area contributed by atoms with E-state index < -0.39 is 54.5 Å². The average Bonchev–Trinajstić information content (AvgIpc) is 2.75. The minimum Gasteiger partial charge on any atom is -0.508 e. The number of carbonyl (C=O) groups excluding carboxylic acids is 3. The lowest BCUT2D eigenvalue weighted by molar-refractivity contribution is -0.141. The summed E-state index contributed by atoms with van der Waals surface area (Å²) >= 11 is 3.90. The van der Waals surface area contributed by atoms with E-state index in [1.807, 2.05) is 13.8 Å². The number of aliphatic carboxylic acids is 1. The van der Waals surface area contributed by atoms with Gasteiger partial charge in [-0.25, -0.2) is 4.79 Å². The van der Waals surface area contributed by atoms with Crippen molar-refractivity contribution in [1.82, 2.24) is 16.0 Å². The molecule has 0 aromatic heterocycles. The Morgan fingerprint density at radius 2 is 1.45 bits per heavy atom. The van der Waals surface area contributed by atoms with Gasteiger partial charge in [0.1, 0.15) is 23.9 Å². The molecule has 1 rings (SSSR count). The van der Waals surface area contributed by atoms with Gasteiger partial charge in [0.15, 0.2) is 0 Å². The van der Waals surface area contributed by atoms with E-state index in [0.29, 0.717) is 12.0 Å². The number of rotatable bonds is 13. The van der Waals surface area contributed by atoms with E-state index in [9.17, 15) is 34.5 Å². The highest BCUT2D eigenvalue weighted by Gasteiger charge is 2.30. The van der Waals surface area contributed by atoms with Crippen molar-refractivity contribution in [3.8, 4) is 5.75 Å². The molecule has 1 aromatic rings. The van der Waals surface area contributed by atoms with Crippen LogP contribution in [0, 0.1) is 5.92 Å². The van der Waals surface area contributed by atoms with Crippen LogP contribution in [0.15, 0.2) is 24.3 Å². The first-order valence-corrected chi connectivity index (χ1v) is 11.0. The molecular formula is C21H32N4O7S. The van der Waals surface area contributed by atoms with Crippen molar-refractivity contribution in [2.24, 2.45) is 11.7 Å². The quantitative estimate of drug-likeness (QED) is 0.160. The van der Waals surface area contributed by atoms with E-state index in [0.717, 1.165) is 0 Å². The van der Waals surface area contributed by atoms with Gasteiger partial charge in [0.25, 0.3) is 0 Å². The van der Waals surface area contributed by atoms with Gasteiger partial charge in [-0.1, -0.05) is 26.0 Å². The monoisotopic (exact) mass is 484 g/mol. The molecule has 3 amide bonds. The molecule has 0 saturated carbocycles. The molecule has 0 heterocycles. The zero-order chi connectivity index (χ0) is 25.1. The van der Waals surface area contributed by atoms with Gasteiger partial charge in [0.05, 0.1) is 12.6 Å². The number of carboxylic acid groups (broad SMARTS) is 1. The van der Waals surface area contributed by atoms with Crippen LogP contribution in [0.25, 0.3) is 0 Å². The summed E-state index contributed by atoms with van der Waals surface area (Å²) in [5, 5.41) is 35.3. The Morgan fingerprint density at radius 1 is 0.939 bits per heavy atom. The minimum absolute atomic E-state index is 0.00518. The molecule has 4 unspecified atom stereocenters. The lowest BCUT2D eigenvalue weighted by atomic mass is 10.0. The van der Waals surface area contributed by atoms with Gasteiger partial charge in [0.2, 0.25) is 17.7 Å². The number of nitrogens with one attached hydrogen (secondary N) is 3. The number of phenols is 1. The number of amides is 3. The van der Waals surface area contributed by atoms with E-state index in [1.54, 1.807) is 0 Å². The van der Waals surface area contributed by atoms with Crippen LogP contribution in [0.3, 0.4) is 0 Å². The highest BCUT2D eigenvalue weighted by Crippen LogP contribution is 2.12. The summed E-state index contributed by atoms with van der Waals surface area (Å²) in [4.78, 5) is 49.0. The lowest BCUT2D eigenvalue weighted by Gasteiger charge is -2.24. The molecule has 12 heteroatoms. The van der Waals surface area contributed by atoms with Gasteiger partial charge in [-0.05, 0) is 30.0 Å². The van der Waals surface area contributed by atoms with Crippen molar-refractivity contribution in [2.75, 3.05) is 12.4 Å². The third-order valence-electron chi connectivity index (χ3n) is 4.68. The molecule has 184 valence electrons. The van der Waals surface area contributed by atoms with Gasteiger partial charge in [-0.15, -0.1) is 0 Å². The van der Waals surface area contributed by atoms with Crippen molar-refractivity contribution in [2.45, 2.75) is 50.9 Å². The van der Waals surface area contributed by atoms with E-state index in [-0.39, 0.29) is 23.8 Å². The summed E-state index contributed by atoms with van der Waals surface area (Å²) < 4.78 is 0. The number of hydrogen-bond donors (Lipinski definition) is 8. The van der Waals surface area contributed by atoms with Gasteiger partial charge >= 0.3 is 5.97 Å². The smallest absolute Gasteiger partial charge is 0.327 e. The first kappa shape index (κ1) is 28.2. The summed E-state index contributed by atoms with van der Waals surface area (Å²) in [6.45, 7) is 3.02. The lowest BCUT2D eigenvalue weighted by Crippen LogP contribution is -2.58. The Bertz CT molecular complexity index is 819. The van der Waals surface area contributed by atoms with Gasteiger partial charge in [-0.2, -0.15) is 12.6 Å². The third-order valence-corrected chi connectivity index (χ3v) is 5.05. The van der Waals surface area contributed by atoms with Crippen LogP contribution < -0.4 is 21.7 Å². The summed E-state index contributed by atoms with van der Waals surface area (Å²) in [6, 6.07) is 1.08. The number of nitrogens with two attached hydrogens (primary N) is 1. The van der Waals surface area contributed by atoms with Crippen LogP contribution >= 0.6 is 12.6 Å². The first-order valence-electron chi connectivity index (χ1n) is 10.4. The van der Waals surface area contributed by atoms with Crippen molar-refractivity contribution in [1.29, 1.82) is 0 Å². The third kappa shape index (κ3) is 9.68. The van der Waals surface area contributed by atoms with E-state index in [2.05, 4.69) is 28.6 Å². The Kier molecular flexibility index (Phi) is 11.7. The second kappa shape index (κ2) is 13.7. The molecule has 0 radical (unpaired) electrons. The second-order valence-corrected chi connectivity index (χ2v) is 8.36. The summed E-state index contributed by atoms with van der Waals surface area (Å²) in [7, 11) is 0. The van der Waals surface area contributed by atoms with Crippen molar-refractivity contribution in [3.05, 3.63) is 29.8 Å². The number of benzene rings is 1. The molecule has 0 fully saturated rings. The number of carbonyl (C=O) groups is 4. The predicted octanol–water partition coefficient (Wildman–Crippen LogP) is -1.23. The Hall–Kier alpha value is -2.83. The fraction of sp³-hybridized carbons (Fsp3) is 0.524. The maximum absolute atomic E-state index is 12.7. The number of aliphatic hydroxyl groups excluding tert-OH is 1. The van der Waals surface area contributed by atoms with Crippen molar-refractivity contribution < 1.29 is 34.5 Å². The molecule has 0 saturated heterocycles. The Balaban J connectivity index is 2.99. The van der Waals surface area contributed by atoms with Crippen molar-refractivity contribution in [3.63, 3.8) is 0 Å². The van der Waals surface area contributed by atoms with E-state index in [1.165, 1.54) is 24.3 Å². The number of aromatic hydroxyl groups is 1. The number of phenolic OH excluding ortho intramolecular Hbond substituents is 1. The van der Waals surface area contributed by atoms with Gasteiger partial charge in [0, 0.05) is 12.2 Å². The first-order chi connectivity index (χ1) is 15.5. The molecular weight excluding hydrogens is 452 g/mol. The zero-order valence-electron chi connectivity index (χ0n) is 18.5. The molecule has 11 nitrogen and oxygen atoms in total. The summed E-state index contributed by atoms with van der Waals surface area (Å²) in [5.74, 6) is -3.60. The fourth-order valence-corrected chi connectivity index (χ4v) is 3.14. The highest BCUT2D eigenvalue weighted by molar-refractivity contribution is 7.80. The normalized spacial score (nSPS) is 14.6. The van der Waals surface area contributed by atoms with Crippen molar-refractivity contribution >= 4 is 36.3 Å². The number of aliphatic hydroxyl groups is 1. The molecule has 8 N–H and O–H groups in total. The second-order valence-electron chi connectivity index (χ2n) is 7.99. The van der Waals surface area contributed by atoms with Crippen LogP contribution in [0.4, 0.5) is 0 Å². The molecule has 1 aromatic carbocycles. The standard InChI is InChI=1S/C21H32N4O7S/c1-11(2)7-14(22)18(28)24-16(9-26)20(30)23-15(8-12-3-5-13(27)6-4-12)19(29)25-17(10-33)21(31)32/h3-6,11,14-17,26-27,33H,7-10,22H2,1-2H3,(H,23,30)(H,24,28)(H,25,29)(H,31,32). The minimum atomic E-state index is -1.37. The van der Waals surface area contributed by atoms with Gasteiger partial charge in [-0.3, -0.25) is 14.4 Å². The highest BCUT2D eigenvalue weighted by atomic mass is 32.1. The SMILES string of the molecule is CC(C)CC(N)C(=O)NC(CO)C(=O)NC(Cc1ccc(O)cc1)C(=O)NC(CS)C(=O)O. The molecule has 0 bridgehead atoms. The van der Waals surface area contributed by atoms with Crippen LogP contribution in [0.5, 0.6) is 5.75 Å². The Morgan fingerprint density at radius 3 is 1.94 bits per heavy atom. The number of thiol groups is 1. The average molecular weight is 485 g/mol. The molecule has 33 heavy (non-hydrogen) atoms. The molecule has 0 aliphatic heterocycles. The molecule has 0 aliphatic rings. The van der Waals surface area contributed by atoms with Crippen LogP contribution in [0.2, 0.25) is 0 Å². The topological polar surface area (TPSA) is 191 Å². The van der Waals surface area contributed by atoms with Crippen LogP contribution in [0.1, 0.15) is 25.8 Å². The maximum atomic E-state index is 12.7. The Labute approximate surface area is 197 Å². The van der Waals surface area contributed by atoms with Gasteiger partial charge < -0.3 is 37.0 Å². The molecule has 0 spiro atoms. The predicted molar refractivity (Wildman–Crippen MR) is 124 cm³/mol. The van der Waals surface area contributed by atoms with Crippen LogP contribution in [-0.4, -0.2) is 75.5 Å². The largest absolute Gasteiger partial charge is 0.508 e.